The molecule has 0 radical (unpaired) electrons. The molecular weight excluding hydrogens is 217 g/mol. The van der Waals surface area contributed by atoms with E-state index < -0.39 is 0 Å². The van der Waals surface area contributed by atoms with Gasteiger partial charge in [-0.3, -0.25) is 0 Å². The minimum atomic E-state index is 0.465. The van der Waals surface area contributed by atoms with Gasteiger partial charge in [-0.15, -0.1) is 0 Å². The SMILES string of the molecule is C/C(C#N)=C(/Cl)c1cccc(Cl)c1C. The quantitative estimate of drug-likeness (QED) is 0.660. The summed E-state index contributed by atoms with van der Waals surface area (Å²) in [5.74, 6) is 0. The van der Waals surface area contributed by atoms with E-state index in [1.54, 1.807) is 13.0 Å². The molecule has 0 saturated heterocycles. The van der Waals surface area contributed by atoms with Crippen molar-refractivity contribution in [1.82, 2.24) is 0 Å². The first kappa shape index (κ1) is 11.1. The molecule has 0 bridgehead atoms. The summed E-state index contributed by atoms with van der Waals surface area (Å²) < 4.78 is 0. The van der Waals surface area contributed by atoms with E-state index >= 15 is 0 Å². The number of hydrogen-bond donors (Lipinski definition) is 0. The Bertz CT molecular complexity index is 427. The van der Waals surface area contributed by atoms with Gasteiger partial charge in [-0.25, -0.2) is 0 Å². The van der Waals surface area contributed by atoms with Crippen molar-refractivity contribution in [1.29, 1.82) is 5.26 Å². The summed E-state index contributed by atoms with van der Waals surface area (Å²) in [5.41, 5.74) is 2.21. The molecule has 0 spiro atoms. The number of hydrogen-bond acceptors (Lipinski definition) is 1. The van der Waals surface area contributed by atoms with Crippen LogP contribution >= 0.6 is 23.2 Å². The van der Waals surface area contributed by atoms with E-state index in [0.717, 1.165) is 11.1 Å². The summed E-state index contributed by atoms with van der Waals surface area (Å²) in [5, 5.41) is 9.83. The molecule has 0 N–H and O–H groups in total. The highest BCUT2D eigenvalue weighted by Gasteiger charge is 2.07. The Morgan fingerprint density at radius 2 is 2.07 bits per heavy atom. The second-order valence-electron chi connectivity index (χ2n) is 2.96. The van der Waals surface area contributed by atoms with E-state index in [2.05, 4.69) is 0 Å². The fourth-order valence-electron chi connectivity index (χ4n) is 1.10. The van der Waals surface area contributed by atoms with Crippen LogP contribution in [-0.4, -0.2) is 0 Å². The van der Waals surface area contributed by atoms with Crippen molar-refractivity contribution in [3.05, 3.63) is 39.9 Å². The van der Waals surface area contributed by atoms with Gasteiger partial charge in [-0.2, -0.15) is 5.26 Å². The second-order valence-corrected chi connectivity index (χ2v) is 3.75. The van der Waals surface area contributed by atoms with Gasteiger partial charge in [0.2, 0.25) is 0 Å². The van der Waals surface area contributed by atoms with Crippen LogP contribution in [0.4, 0.5) is 0 Å². The number of halogens is 2. The number of nitrogens with zero attached hydrogens (tertiary/aromatic N) is 1. The zero-order chi connectivity index (χ0) is 10.7. The summed E-state index contributed by atoms with van der Waals surface area (Å²) in [6, 6.07) is 7.48. The van der Waals surface area contributed by atoms with Gasteiger partial charge in [0.15, 0.2) is 0 Å². The van der Waals surface area contributed by atoms with Gasteiger partial charge in [-0.1, -0.05) is 35.3 Å². The second kappa shape index (κ2) is 4.50. The Morgan fingerprint density at radius 3 is 2.64 bits per heavy atom. The first-order valence-electron chi connectivity index (χ1n) is 4.10. The Labute approximate surface area is 93.6 Å². The summed E-state index contributed by atoms with van der Waals surface area (Å²) >= 11 is 12.0. The van der Waals surface area contributed by atoms with E-state index in [-0.39, 0.29) is 0 Å². The first-order valence-corrected chi connectivity index (χ1v) is 4.85. The van der Waals surface area contributed by atoms with Gasteiger partial charge in [0.25, 0.3) is 0 Å². The first-order chi connectivity index (χ1) is 6.57. The van der Waals surface area contributed by atoms with Crippen LogP contribution in [0.1, 0.15) is 18.1 Å². The maximum atomic E-state index is 8.70. The maximum Gasteiger partial charge on any atom is 0.0959 e. The largest absolute Gasteiger partial charge is 0.193 e. The Balaban J connectivity index is 3.36. The predicted molar refractivity (Wildman–Crippen MR) is 60.2 cm³/mol. The third kappa shape index (κ3) is 2.09. The lowest BCUT2D eigenvalue weighted by atomic mass is 10.1. The number of benzene rings is 1. The lowest BCUT2D eigenvalue weighted by molar-refractivity contribution is 1.41. The highest BCUT2D eigenvalue weighted by atomic mass is 35.5. The molecule has 72 valence electrons. The van der Waals surface area contributed by atoms with Crippen molar-refractivity contribution in [2.45, 2.75) is 13.8 Å². The van der Waals surface area contributed by atoms with Crippen molar-refractivity contribution < 1.29 is 0 Å². The maximum absolute atomic E-state index is 8.70. The molecule has 0 heterocycles. The number of allylic oxidation sites excluding steroid dienone is 1. The van der Waals surface area contributed by atoms with Crippen LogP contribution in [0.15, 0.2) is 23.8 Å². The average Bonchev–Trinajstić information content (AvgIpc) is 2.20. The zero-order valence-electron chi connectivity index (χ0n) is 7.94. The van der Waals surface area contributed by atoms with Crippen LogP contribution in [0.2, 0.25) is 5.02 Å². The van der Waals surface area contributed by atoms with E-state index in [9.17, 15) is 0 Å². The summed E-state index contributed by atoms with van der Waals surface area (Å²) in [7, 11) is 0. The molecular formula is C11H9Cl2N. The Morgan fingerprint density at radius 1 is 1.43 bits per heavy atom. The molecule has 1 aromatic rings. The lowest BCUT2D eigenvalue weighted by Gasteiger charge is -2.06. The van der Waals surface area contributed by atoms with Gasteiger partial charge in [0.05, 0.1) is 11.1 Å². The van der Waals surface area contributed by atoms with E-state index in [1.165, 1.54) is 0 Å². The van der Waals surface area contributed by atoms with Crippen LogP contribution < -0.4 is 0 Å². The molecule has 1 aromatic carbocycles. The molecule has 0 amide bonds. The van der Waals surface area contributed by atoms with Crippen molar-refractivity contribution in [3.63, 3.8) is 0 Å². The van der Waals surface area contributed by atoms with Gasteiger partial charge < -0.3 is 0 Å². The van der Waals surface area contributed by atoms with Gasteiger partial charge in [0, 0.05) is 10.6 Å². The van der Waals surface area contributed by atoms with Crippen LogP contribution in [-0.2, 0) is 0 Å². The smallest absolute Gasteiger partial charge is 0.0959 e. The number of rotatable bonds is 1. The molecule has 0 aromatic heterocycles. The highest BCUT2D eigenvalue weighted by Crippen LogP contribution is 2.29. The normalized spacial score (nSPS) is 11.9. The minimum absolute atomic E-state index is 0.465. The van der Waals surface area contributed by atoms with Crippen molar-refractivity contribution >= 4 is 28.2 Å². The van der Waals surface area contributed by atoms with Gasteiger partial charge in [-0.05, 0) is 31.0 Å². The van der Waals surface area contributed by atoms with Crippen LogP contribution in [0.25, 0.3) is 5.03 Å². The molecule has 1 nitrogen and oxygen atoms in total. The molecule has 0 unspecified atom stereocenters. The summed E-state index contributed by atoms with van der Waals surface area (Å²) in [6.07, 6.45) is 0. The highest BCUT2D eigenvalue weighted by molar-refractivity contribution is 6.50. The molecule has 0 aliphatic rings. The standard InChI is InChI=1S/C11H9Cl2N/c1-7(6-14)11(13)9-4-3-5-10(12)8(9)2/h3-5H,1-2H3/b11-7-. The van der Waals surface area contributed by atoms with Crippen molar-refractivity contribution in [2.24, 2.45) is 0 Å². The summed E-state index contributed by atoms with van der Waals surface area (Å²) in [4.78, 5) is 0. The molecule has 0 saturated carbocycles. The molecule has 1 rings (SSSR count). The fourth-order valence-corrected chi connectivity index (χ4v) is 1.52. The Hall–Kier alpha value is -0.970. The van der Waals surface area contributed by atoms with Crippen LogP contribution in [0, 0.1) is 18.3 Å². The predicted octanol–water partition coefficient (Wildman–Crippen LogP) is 4.14. The third-order valence-corrected chi connectivity index (χ3v) is 2.90. The third-order valence-electron chi connectivity index (χ3n) is 2.00. The zero-order valence-corrected chi connectivity index (χ0v) is 9.45. The van der Waals surface area contributed by atoms with E-state index in [4.69, 9.17) is 28.5 Å². The molecule has 0 aliphatic heterocycles. The van der Waals surface area contributed by atoms with Crippen LogP contribution in [0.5, 0.6) is 0 Å². The van der Waals surface area contributed by atoms with Crippen LogP contribution in [0.3, 0.4) is 0 Å². The molecule has 0 atom stereocenters. The summed E-state index contributed by atoms with van der Waals surface area (Å²) in [6.45, 7) is 3.56. The fraction of sp³-hybridized carbons (Fsp3) is 0.182. The molecule has 0 fully saturated rings. The van der Waals surface area contributed by atoms with Crippen molar-refractivity contribution in [3.8, 4) is 6.07 Å². The molecule has 14 heavy (non-hydrogen) atoms. The molecule has 0 aliphatic carbocycles. The van der Waals surface area contributed by atoms with Gasteiger partial charge >= 0.3 is 0 Å². The topological polar surface area (TPSA) is 23.8 Å². The van der Waals surface area contributed by atoms with Gasteiger partial charge in [0.1, 0.15) is 0 Å². The molecule has 3 heteroatoms. The minimum Gasteiger partial charge on any atom is -0.193 e. The number of nitriles is 1. The van der Waals surface area contributed by atoms with Crippen molar-refractivity contribution in [2.75, 3.05) is 0 Å². The van der Waals surface area contributed by atoms with E-state index in [0.29, 0.717) is 15.6 Å². The Kier molecular flexibility index (Phi) is 3.57. The van der Waals surface area contributed by atoms with E-state index in [1.807, 2.05) is 25.1 Å². The average molecular weight is 226 g/mol. The lowest BCUT2D eigenvalue weighted by Crippen LogP contribution is -1.87. The monoisotopic (exact) mass is 225 g/mol.